The van der Waals surface area contributed by atoms with Crippen LogP contribution in [0.15, 0.2) is 24.8 Å². The zero-order valence-electron chi connectivity index (χ0n) is 8.41. The lowest BCUT2D eigenvalue weighted by Gasteiger charge is -2.13. The summed E-state index contributed by atoms with van der Waals surface area (Å²) in [6.45, 7) is 9.74. The van der Waals surface area contributed by atoms with Gasteiger partial charge in [0.2, 0.25) is 6.29 Å². The van der Waals surface area contributed by atoms with Gasteiger partial charge in [0, 0.05) is 12.5 Å². The number of carbonyl (C=O) groups excluding carboxylic acids is 2. The first-order valence-electron chi connectivity index (χ1n) is 4.14. The van der Waals surface area contributed by atoms with Crippen molar-refractivity contribution in [2.45, 2.75) is 26.6 Å². The molecule has 78 valence electrons. The van der Waals surface area contributed by atoms with E-state index in [4.69, 9.17) is 9.47 Å². The molecule has 0 amide bonds. The molecule has 0 aliphatic heterocycles. The quantitative estimate of drug-likeness (QED) is 0.291. The summed E-state index contributed by atoms with van der Waals surface area (Å²) in [7, 11) is 0. The summed E-state index contributed by atoms with van der Waals surface area (Å²) in [4.78, 5) is 21.9. The third-order valence-corrected chi connectivity index (χ3v) is 1.23. The molecule has 4 nitrogen and oxygen atoms in total. The Kier molecular flexibility index (Phi) is 5.29. The van der Waals surface area contributed by atoms with E-state index < -0.39 is 18.2 Å². The highest BCUT2D eigenvalue weighted by atomic mass is 16.7. The van der Waals surface area contributed by atoms with Gasteiger partial charge in [0.1, 0.15) is 0 Å². The van der Waals surface area contributed by atoms with Crippen LogP contribution in [0.1, 0.15) is 20.3 Å². The molecule has 14 heavy (non-hydrogen) atoms. The van der Waals surface area contributed by atoms with Crippen LogP contribution in [-0.2, 0) is 19.1 Å². The van der Waals surface area contributed by atoms with Crippen molar-refractivity contribution in [2.75, 3.05) is 0 Å². The van der Waals surface area contributed by atoms with Crippen LogP contribution in [0.3, 0.4) is 0 Å². The maximum absolute atomic E-state index is 11.0. The maximum atomic E-state index is 11.0. The molecule has 0 bridgehead atoms. The largest absolute Gasteiger partial charge is 0.425 e. The van der Waals surface area contributed by atoms with Crippen LogP contribution in [0.4, 0.5) is 0 Å². The molecule has 1 unspecified atom stereocenters. The Labute approximate surface area is 83.2 Å². The molecule has 4 heteroatoms. The predicted octanol–water partition coefficient (Wildman–Crippen LogP) is 1.57. The molecule has 0 fully saturated rings. The topological polar surface area (TPSA) is 52.6 Å². The summed E-state index contributed by atoms with van der Waals surface area (Å²) in [6, 6.07) is 0. The van der Waals surface area contributed by atoms with E-state index in [0.29, 0.717) is 0 Å². The van der Waals surface area contributed by atoms with E-state index in [1.54, 1.807) is 0 Å². The van der Waals surface area contributed by atoms with E-state index in [-0.39, 0.29) is 12.0 Å². The van der Waals surface area contributed by atoms with Gasteiger partial charge in [0.15, 0.2) is 0 Å². The molecule has 0 N–H and O–H groups in total. The van der Waals surface area contributed by atoms with Crippen LogP contribution in [0, 0.1) is 0 Å². The summed E-state index contributed by atoms with van der Waals surface area (Å²) in [5.41, 5.74) is 0.261. The van der Waals surface area contributed by atoms with Crippen molar-refractivity contribution < 1.29 is 19.1 Å². The Balaban J connectivity index is 3.91. The van der Waals surface area contributed by atoms with E-state index >= 15 is 0 Å². The van der Waals surface area contributed by atoms with Crippen molar-refractivity contribution in [2.24, 2.45) is 0 Å². The molecule has 0 spiro atoms. The summed E-state index contributed by atoms with van der Waals surface area (Å²) in [5.74, 6) is -1.06. The minimum Gasteiger partial charge on any atom is -0.425 e. The summed E-state index contributed by atoms with van der Waals surface area (Å²) in [6.07, 6.45) is 0.608. The van der Waals surface area contributed by atoms with Crippen molar-refractivity contribution in [3.63, 3.8) is 0 Å². The standard InChI is InChI=1S/C10H14O4/c1-5-6-9(11)13-8(4)14-10(12)7(2)3/h5,8H,1-2,6H2,3-4H3. The van der Waals surface area contributed by atoms with E-state index in [0.717, 1.165) is 0 Å². The van der Waals surface area contributed by atoms with Crippen molar-refractivity contribution in [3.05, 3.63) is 24.8 Å². The van der Waals surface area contributed by atoms with Crippen molar-refractivity contribution in [1.29, 1.82) is 0 Å². The van der Waals surface area contributed by atoms with Gasteiger partial charge in [-0.15, -0.1) is 6.58 Å². The fourth-order valence-corrected chi connectivity index (χ4v) is 0.626. The number of carbonyl (C=O) groups is 2. The van der Waals surface area contributed by atoms with Gasteiger partial charge in [-0.3, -0.25) is 4.79 Å². The summed E-state index contributed by atoms with van der Waals surface area (Å²) < 4.78 is 9.43. The first-order chi connectivity index (χ1) is 6.47. The minimum atomic E-state index is -0.897. The highest BCUT2D eigenvalue weighted by Gasteiger charge is 2.13. The number of hydrogen-bond acceptors (Lipinski definition) is 4. The molecule has 0 heterocycles. The Morgan fingerprint density at radius 3 is 2.43 bits per heavy atom. The smallest absolute Gasteiger partial charge is 0.336 e. The monoisotopic (exact) mass is 198 g/mol. The lowest BCUT2D eigenvalue weighted by Crippen LogP contribution is -2.21. The molecule has 0 radical (unpaired) electrons. The van der Waals surface area contributed by atoms with Gasteiger partial charge in [-0.1, -0.05) is 12.7 Å². The average Bonchev–Trinajstić information content (AvgIpc) is 2.03. The SMILES string of the molecule is C=CCC(=O)OC(C)OC(=O)C(=C)C. The Morgan fingerprint density at radius 2 is 2.00 bits per heavy atom. The van der Waals surface area contributed by atoms with Gasteiger partial charge in [0.25, 0.3) is 0 Å². The predicted molar refractivity (Wildman–Crippen MR) is 51.3 cm³/mol. The van der Waals surface area contributed by atoms with Crippen LogP contribution >= 0.6 is 0 Å². The van der Waals surface area contributed by atoms with Gasteiger partial charge in [-0.2, -0.15) is 0 Å². The molecular formula is C10H14O4. The molecule has 1 atom stereocenters. The molecule has 0 aliphatic rings. The first-order valence-corrected chi connectivity index (χ1v) is 4.14. The molecule has 0 aromatic rings. The molecule has 0 saturated carbocycles. The average molecular weight is 198 g/mol. The van der Waals surface area contributed by atoms with Gasteiger partial charge in [-0.05, 0) is 6.92 Å². The highest BCUT2D eigenvalue weighted by Crippen LogP contribution is 2.01. The second kappa shape index (κ2) is 5.96. The van der Waals surface area contributed by atoms with E-state index in [2.05, 4.69) is 13.2 Å². The Hall–Kier alpha value is -1.58. The highest BCUT2D eigenvalue weighted by molar-refractivity contribution is 5.87. The Bertz CT molecular complexity index is 255. The van der Waals surface area contributed by atoms with Crippen molar-refractivity contribution in [1.82, 2.24) is 0 Å². The van der Waals surface area contributed by atoms with E-state index in [9.17, 15) is 9.59 Å². The van der Waals surface area contributed by atoms with Crippen LogP contribution < -0.4 is 0 Å². The van der Waals surface area contributed by atoms with Crippen LogP contribution in [0.5, 0.6) is 0 Å². The van der Waals surface area contributed by atoms with Crippen LogP contribution in [-0.4, -0.2) is 18.2 Å². The van der Waals surface area contributed by atoms with Crippen LogP contribution in [0.25, 0.3) is 0 Å². The summed E-state index contributed by atoms with van der Waals surface area (Å²) in [5, 5.41) is 0. The fraction of sp³-hybridized carbons (Fsp3) is 0.400. The van der Waals surface area contributed by atoms with E-state index in [1.165, 1.54) is 19.9 Å². The minimum absolute atomic E-state index is 0.0922. The molecular weight excluding hydrogens is 184 g/mol. The lowest BCUT2D eigenvalue weighted by atomic mass is 10.4. The van der Waals surface area contributed by atoms with Gasteiger partial charge in [0.05, 0.1) is 6.42 Å². The normalized spacial score (nSPS) is 11.3. The molecule has 0 rings (SSSR count). The summed E-state index contributed by atoms with van der Waals surface area (Å²) >= 11 is 0. The maximum Gasteiger partial charge on any atom is 0.336 e. The molecule has 0 aromatic carbocycles. The van der Waals surface area contributed by atoms with Crippen LogP contribution in [0.2, 0.25) is 0 Å². The van der Waals surface area contributed by atoms with Gasteiger partial charge in [-0.25, -0.2) is 4.79 Å². The third-order valence-electron chi connectivity index (χ3n) is 1.23. The number of esters is 2. The van der Waals surface area contributed by atoms with Crippen molar-refractivity contribution >= 4 is 11.9 Å². The second-order valence-electron chi connectivity index (χ2n) is 2.74. The number of ether oxygens (including phenoxy) is 2. The molecule has 0 aliphatic carbocycles. The lowest BCUT2D eigenvalue weighted by molar-refractivity contribution is -0.181. The zero-order chi connectivity index (χ0) is 11.1. The number of rotatable bonds is 5. The fourth-order valence-electron chi connectivity index (χ4n) is 0.626. The Morgan fingerprint density at radius 1 is 1.43 bits per heavy atom. The van der Waals surface area contributed by atoms with Gasteiger partial charge >= 0.3 is 11.9 Å². The van der Waals surface area contributed by atoms with E-state index in [1.807, 2.05) is 0 Å². The first kappa shape index (κ1) is 12.4. The molecule has 0 aromatic heterocycles. The van der Waals surface area contributed by atoms with Gasteiger partial charge < -0.3 is 9.47 Å². The molecule has 0 saturated heterocycles. The second-order valence-corrected chi connectivity index (χ2v) is 2.74. The number of hydrogen-bond donors (Lipinski definition) is 0. The third kappa shape index (κ3) is 5.13. The van der Waals surface area contributed by atoms with Crippen molar-refractivity contribution in [3.8, 4) is 0 Å². The zero-order valence-corrected chi connectivity index (χ0v) is 8.41.